The summed E-state index contributed by atoms with van der Waals surface area (Å²) in [5.41, 5.74) is 7.00. The van der Waals surface area contributed by atoms with Gasteiger partial charge in [0.05, 0.1) is 10.8 Å². The lowest BCUT2D eigenvalue weighted by molar-refractivity contribution is 0.444. The van der Waals surface area contributed by atoms with Crippen molar-refractivity contribution >= 4 is 10.8 Å². The van der Waals surface area contributed by atoms with Gasteiger partial charge in [-0.3, -0.25) is 4.21 Å². The van der Waals surface area contributed by atoms with Crippen molar-refractivity contribution in [2.45, 2.75) is 48.8 Å². The number of hydrogen-bond acceptors (Lipinski definition) is 2. The topological polar surface area (TPSA) is 43.1 Å². The minimum absolute atomic E-state index is 0.306. The minimum atomic E-state index is -0.852. The number of aryl methyl sites for hydroxylation is 1. The van der Waals surface area contributed by atoms with E-state index in [-0.39, 0.29) is 0 Å². The Labute approximate surface area is 99.7 Å². The predicted octanol–water partition coefficient (Wildman–Crippen LogP) is 2.37. The molecule has 0 bridgehead atoms. The van der Waals surface area contributed by atoms with Crippen LogP contribution in [0.2, 0.25) is 0 Å². The number of benzene rings is 1. The lowest BCUT2D eigenvalue weighted by Gasteiger charge is -2.25. The monoisotopic (exact) mass is 237 g/mol. The van der Waals surface area contributed by atoms with E-state index in [2.05, 4.69) is 0 Å². The van der Waals surface area contributed by atoms with Crippen molar-refractivity contribution in [2.24, 2.45) is 5.73 Å². The molecule has 1 aliphatic carbocycles. The molecule has 0 saturated heterocycles. The second kappa shape index (κ2) is 5.11. The van der Waals surface area contributed by atoms with Crippen molar-refractivity contribution in [3.63, 3.8) is 0 Å². The van der Waals surface area contributed by atoms with Crippen LogP contribution in [0.15, 0.2) is 29.2 Å². The highest BCUT2D eigenvalue weighted by Crippen LogP contribution is 2.26. The number of hydrogen-bond donors (Lipinski definition) is 1. The Morgan fingerprint density at radius 1 is 1.19 bits per heavy atom. The Morgan fingerprint density at radius 3 is 2.44 bits per heavy atom. The third-order valence-electron chi connectivity index (χ3n) is 3.33. The first-order valence-corrected chi connectivity index (χ1v) is 7.11. The van der Waals surface area contributed by atoms with Crippen molar-refractivity contribution in [1.29, 1.82) is 0 Å². The van der Waals surface area contributed by atoms with Crippen molar-refractivity contribution in [3.8, 4) is 0 Å². The fraction of sp³-hybridized carbons (Fsp3) is 0.538. The average Bonchev–Trinajstić information content (AvgIpc) is 2.30. The van der Waals surface area contributed by atoms with E-state index >= 15 is 0 Å². The van der Waals surface area contributed by atoms with Crippen LogP contribution in [0.4, 0.5) is 0 Å². The lowest BCUT2D eigenvalue weighted by Crippen LogP contribution is -2.31. The van der Waals surface area contributed by atoms with E-state index in [4.69, 9.17) is 5.73 Å². The molecule has 1 atom stereocenters. The van der Waals surface area contributed by atoms with E-state index in [0.717, 1.165) is 36.1 Å². The average molecular weight is 237 g/mol. The number of rotatable bonds is 2. The molecule has 0 aliphatic heterocycles. The van der Waals surface area contributed by atoms with E-state index in [0.29, 0.717) is 11.3 Å². The standard InChI is InChI=1S/C13H19NOS/c1-10-4-2-3-5-13(10)16(15)12-8-6-11(14)7-9-12/h2-5,11-12H,6-9,14H2,1H3. The van der Waals surface area contributed by atoms with Gasteiger partial charge < -0.3 is 5.73 Å². The summed E-state index contributed by atoms with van der Waals surface area (Å²) in [6.07, 6.45) is 4.04. The van der Waals surface area contributed by atoms with Crippen LogP contribution in [0.5, 0.6) is 0 Å². The molecule has 0 heterocycles. The van der Waals surface area contributed by atoms with Gasteiger partial charge in [-0.2, -0.15) is 0 Å². The Balaban J connectivity index is 2.11. The third kappa shape index (κ3) is 2.53. The van der Waals surface area contributed by atoms with Crippen LogP contribution >= 0.6 is 0 Å². The lowest BCUT2D eigenvalue weighted by atomic mass is 9.96. The maximum Gasteiger partial charge on any atom is 0.0563 e. The summed E-state index contributed by atoms with van der Waals surface area (Å²) in [6, 6.07) is 8.30. The Bertz CT molecular complexity index is 383. The van der Waals surface area contributed by atoms with Gasteiger partial charge in [-0.25, -0.2) is 0 Å². The second-order valence-electron chi connectivity index (χ2n) is 4.60. The molecule has 2 rings (SSSR count). The Hall–Kier alpha value is -0.670. The summed E-state index contributed by atoms with van der Waals surface area (Å²) in [5.74, 6) is 0. The van der Waals surface area contributed by atoms with Gasteiger partial charge in [0.2, 0.25) is 0 Å². The highest BCUT2D eigenvalue weighted by atomic mass is 32.2. The van der Waals surface area contributed by atoms with Gasteiger partial charge in [-0.15, -0.1) is 0 Å². The van der Waals surface area contributed by atoms with Crippen LogP contribution in [-0.4, -0.2) is 15.5 Å². The van der Waals surface area contributed by atoms with Gasteiger partial charge in [0, 0.05) is 16.2 Å². The summed E-state index contributed by atoms with van der Waals surface area (Å²) in [6.45, 7) is 2.03. The molecule has 1 unspecified atom stereocenters. The fourth-order valence-electron chi connectivity index (χ4n) is 2.26. The molecule has 3 heteroatoms. The summed E-state index contributed by atoms with van der Waals surface area (Å²) in [5, 5.41) is 0.306. The smallest absolute Gasteiger partial charge is 0.0563 e. The zero-order valence-corrected chi connectivity index (χ0v) is 10.5. The van der Waals surface area contributed by atoms with E-state index in [9.17, 15) is 4.21 Å². The third-order valence-corrected chi connectivity index (χ3v) is 5.30. The molecule has 2 N–H and O–H groups in total. The van der Waals surface area contributed by atoms with Gasteiger partial charge in [0.1, 0.15) is 0 Å². The molecule has 16 heavy (non-hydrogen) atoms. The summed E-state index contributed by atoms with van der Waals surface area (Å²) in [7, 11) is -0.852. The first-order chi connectivity index (χ1) is 7.68. The van der Waals surface area contributed by atoms with Crippen molar-refractivity contribution in [1.82, 2.24) is 0 Å². The maximum atomic E-state index is 12.4. The molecule has 1 aromatic rings. The molecule has 0 aromatic heterocycles. The van der Waals surface area contributed by atoms with Crippen LogP contribution < -0.4 is 5.73 Å². The minimum Gasteiger partial charge on any atom is -0.328 e. The van der Waals surface area contributed by atoms with E-state index in [1.54, 1.807) is 0 Å². The van der Waals surface area contributed by atoms with E-state index in [1.165, 1.54) is 0 Å². The second-order valence-corrected chi connectivity index (χ2v) is 6.30. The first-order valence-electron chi connectivity index (χ1n) is 5.90. The Kier molecular flexibility index (Phi) is 3.77. The fourth-order valence-corrected chi connectivity index (χ4v) is 3.92. The van der Waals surface area contributed by atoms with E-state index < -0.39 is 10.8 Å². The molecule has 1 fully saturated rings. The van der Waals surface area contributed by atoms with Crippen LogP contribution in [0.1, 0.15) is 31.2 Å². The summed E-state index contributed by atoms with van der Waals surface area (Å²) in [4.78, 5) is 1.00. The molecule has 2 nitrogen and oxygen atoms in total. The van der Waals surface area contributed by atoms with Crippen LogP contribution in [0.3, 0.4) is 0 Å². The van der Waals surface area contributed by atoms with Gasteiger partial charge in [-0.1, -0.05) is 18.2 Å². The zero-order valence-electron chi connectivity index (χ0n) is 9.69. The molecule has 1 aliphatic rings. The van der Waals surface area contributed by atoms with Crippen LogP contribution in [0, 0.1) is 6.92 Å². The van der Waals surface area contributed by atoms with Crippen molar-refractivity contribution in [3.05, 3.63) is 29.8 Å². The molecule has 0 spiro atoms. The summed E-state index contributed by atoms with van der Waals surface area (Å²) < 4.78 is 12.4. The normalized spacial score (nSPS) is 27.6. The predicted molar refractivity (Wildman–Crippen MR) is 67.8 cm³/mol. The number of nitrogens with two attached hydrogens (primary N) is 1. The van der Waals surface area contributed by atoms with Gasteiger partial charge in [0.25, 0.3) is 0 Å². The van der Waals surface area contributed by atoms with Crippen LogP contribution in [-0.2, 0) is 10.8 Å². The molecule has 88 valence electrons. The summed E-state index contributed by atoms with van der Waals surface area (Å²) >= 11 is 0. The van der Waals surface area contributed by atoms with E-state index in [1.807, 2.05) is 31.2 Å². The van der Waals surface area contributed by atoms with Crippen LogP contribution in [0.25, 0.3) is 0 Å². The van der Waals surface area contributed by atoms with Crippen molar-refractivity contribution in [2.75, 3.05) is 0 Å². The highest BCUT2D eigenvalue weighted by Gasteiger charge is 2.24. The van der Waals surface area contributed by atoms with Crippen molar-refractivity contribution < 1.29 is 4.21 Å². The zero-order chi connectivity index (χ0) is 11.5. The highest BCUT2D eigenvalue weighted by molar-refractivity contribution is 7.85. The quantitative estimate of drug-likeness (QED) is 0.858. The maximum absolute atomic E-state index is 12.4. The molecule has 0 radical (unpaired) electrons. The SMILES string of the molecule is Cc1ccccc1S(=O)C1CCC(N)CC1. The molecular formula is C13H19NOS. The molecule has 1 aromatic carbocycles. The first kappa shape index (κ1) is 11.8. The molecule has 1 saturated carbocycles. The van der Waals surface area contributed by atoms with Gasteiger partial charge >= 0.3 is 0 Å². The Morgan fingerprint density at radius 2 is 1.81 bits per heavy atom. The molecule has 0 amide bonds. The molecular weight excluding hydrogens is 218 g/mol. The van der Waals surface area contributed by atoms with Gasteiger partial charge in [-0.05, 0) is 44.2 Å². The largest absolute Gasteiger partial charge is 0.328 e. The van der Waals surface area contributed by atoms with Gasteiger partial charge in [0.15, 0.2) is 0 Å².